The summed E-state index contributed by atoms with van der Waals surface area (Å²) in [6, 6.07) is 13.7. The summed E-state index contributed by atoms with van der Waals surface area (Å²) in [5.74, 6) is -0.855. The zero-order chi connectivity index (χ0) is 19.7. The lowest BCUT2D eigenvalue weighted by Crippen LogP contribution is -2.32. The van der Waals surface area contributed by atoms with Gasteiger partial charge in [0.25, 0.3) is 11.8 Å². The Bertz CT molecular complexity index is 1040. The minimum absolute atomic E-state index is 0.0122. The smallest absolute Gasteiger partial charge is 0.312 e. The molecule has 6 nitrogen and oxygen atoms in total. The Morgan fingerprint density at radius 2 is 1.68 bits per heavy atom. The van der Waals surface area contributed by atoms with Gasteiger partial charge in [-0.2, -0.15) is 0 Å². The summed E-state index contributed by atoms with van der Waals surface area (Å²) in [4.78, 5) is 42.2. The second-order valence-electron chi connectivity index (χ2n) is 6.35. The van der Waals surface area contributed by atoms with Gasteiger partial charge >= 0.3 is 5.97 Å². The van der Waals surface area contributed by atoms with E-state index in [-0.39, 0.29) is 24.8 Å². The Labute approximate surface area is 165 Å². The van der Waals surface area contributed by atoms with E-state index in [2.05, 4.69) is 4.98 Å². The Morgan fingerprint density at radius 1 is 1.04 bits per heavy atom. The number of esters is 1. The minimum Gasteiger partial charge on any atom is -0.426 e. The van der Waals surface area contributed by atoms with Crippen molar-refractivity contribution in [2.45, 2.75) is 13.3 Å². The number of aryl methyl sites for hydroxylation is 1. The fourth-order valence-electron chi connectivity index (χ4n) is 2.98. The molecular formula is C21H16N2O4S. The molecule has 3 aromatic rings. The number of carbonyl (C=O) groups excluding carboxylic acids is 3. The molecule has 0 spiro atoms. The van der Waals surface area contributed by atoms with Crippen LogP contribution in [0.25, 0.3) is 10.6 Å². The van der Waals surface area contributed by atoms with Crippen molar-refractivity contribution in [1.29, 1.82) is 0 Å². The Hall–Kier alpha value is -3.32. The van der Waals surface area contributed by atoms with Crippen LogP contribution in [0.5, 0.6) is 5.75 Å². The lowest BCUT2D eigenvalue weighted by atomic mass is 10.1. The third kappa shape index (κ3) is 3.44. The van der Waals surface area contributed by atoms with Crippen LogP contribution in [0.3, 0.4) is 0 Å². The fourth-order valence-corrected chi connectivity index (χ4v) is 3.78. The first-order valence-corrected chi connectivity index (χ1v) is 9.59. The number of thiazole rings is 1. The molecule has 140 valence electrons. The van der Waals surface area contributed by atoms with Gasteiger partial charge in [-0.05, 0) is 43.3 Å². The first kappa shape index (κ1) is 18.1. The number of fused-ring (bicyclic) bond motifs is 1. The van der Waals surface area contributed by atoms with Crippen LogP contribution >= 0.6 is 11.3 Å². The summed E-state index contributed by atoms with van der Waals surface area (Å²) in [5, 5.41) is 2.88. The summed E-state index contributed by atoms with van der Waals surface area (Å²) in [6.07, 6.45) is -0.0705. The van der Waals surface area contributed by atoms with Crippen LogP contribution < -0.4 is 4.74 Å². The lowest BCUT2D eigenvalue weighted by Gasteiger charge is -2.13. The van der Waals surface area contributed by atoms with Crippen molar-refractivity contribution in [2.75, 3.05) is 6.54 Å². The number of rotatable bonds is 5. The van der Waals surface area contributed by atoms with Crippen LogP contribution in [0.2, 0.25) is 0 Å². The molecule has 28 heavy (non-hydrogen) atoms. The average molecular weight is 392 g/mol. The molecule has 1 aliphatic rings. The molecule has 0 saturated heterocycles. The van der Waals surface area contributed by atoms with E-state index >= 15 is 0 Å². The summed E-state index contributed by atoms with van der Waals surface area (Å²) in [5.41, 5.74) is 2.65. The third-order valence-electron chi connectivity index (χ3n) is 4.37. The number of aromatic nitrogens is 1. The second-order valence-corrected chi connectivity index (χ2v) is 7.21. The molecule has 0 unspecified atom stereocenters. The van der Waals surface area contributed by atoms with Crippen molar-refractivity contribution >= 4 is 29.1 Å². The largest absolute Gasteiger partial charge is 0.426 e. The summed E-state index contributed by atoms with van der Waals surface area (Å²) < 4.78 is 5.31. The molecule has 1 aromatic heterocycles. The predicted octanol–water partition coefficient (Wildman–Crippen LogP) is 3.71. The summed E-state index contributed by atoms with van der Waals surface area (Å²) >= 11 is 1.55. The van der Waals surface area contributed by atoms with E-state index in [4.69, 9.17) is 4.74 Å². The Morgan fingerprint density at radius 3 is 2.25 bits per heavy atom. The average Bonchev–Trinajstić information content (AvgIpc) is 3.23. The van der Waals surface area contributed by atoms with E-state index in [1.165, 1.54) is 0 Å². The van der Waals surface area contributed by atoms with E-state index in [9.17, 15) is 14.4 Å². The van der Waals surface area contributed by atoms with Gasteiger partial charge in [0.2, 0.25) is 0 Å². The zero-order valence-electron chi connectivity index (χ0n) is 15.0. The van der Waals surface area contributed by atoms with Gasteiger partial charge in [0.15, 0.2) is 0 Å². The van der Waals surface area contributed by atoms with E-state index in [0.29, 0.717) is 16.9 Å². The highest BCUT2D eigenvalue weighted by molar-refractivity contribution is 7.13. The number of hydrogen-bond acceptors (Lipinski definition) is 6. The van der Waals surface area contributed by atoms with Gasteiger partial charge in [0.1, 0.15) is 10.8 Å². The van der Waals surface area contributed by atoms with Gasteiger partial charge in [-0.3, -0.25) is 19.3 Å². The molecule has 4 rings (SSSR count). The number of imide groups is 1. The van der Waals surface area contributed by atoms with Crippen molar-refractivity contribution in [1.82, 2.24) is 9.88 Å². The molecule has 0 bridgehead atoms. The number of carbonyl (C=O) groups is 3. The van der Waals surface area contributed by atoms with Crippen LogP contribution in [0.1, 0.15) is 32.8 Å². The second kappa shape index (κ2) is 7.36. The van der Waals surface area contributed by atoms with Crippen molar-refractivity contribution in [2.24, 2.45) is 0 Å². The first-order valence-electron chi connectivity index (χ1n) is 8.71. The van der Waals surface area contributed by atoms with Crippen LogP contribution in [-0.4, -0.2) is 34.2 Å². The van der Waals surface area contributed by atoms with Crippen LogP contribution in [0, 0.1) is 6.92 Å². The number of hydrogen-bond donors (Lipinski definition) is 0. The molecule has 0 atom stereocenters. The summed E-state index contributed by atoms with van der Waals surface area (Å²) in [7, 11) is 0. The molecule has 2 amide bonds. The monoisotopic (exact) mass is 392 g/mol. The molecule has 1 aliphatic heterocycles. The van der Waals surface area contributed by atoms with Gasteiger partial charge < -0.3 is 4.74 Å². The SMILES string of the molecule is Cc1csc(-c2ccc(OC(=O)CCN3C(=O)c4ccccc4C3=O)cc2)n1. The number of ether oxygens (including phenoxy) is 1. The van der Waals surface area contributed by atoms with E-state index in [1.807, 2.05) is 24.4 Å². The van der Waals surface area contributed by atoms with Crippen molar-refractivity contribution in [3.63, 3.8) is 0 Å². The number of amides is 2. The van der Waals surface area contributed by atoms with E-state index in [1.54, 1.807) is 47.7 Å². The third-order valence-corrected chi connectivity index (χ3v) is 5.38. The Balaban J connectivity index is 1.35. The highest BCUT2D eigenvalue weighted by Gasteiger charge is 2.35. The Kier molecular flexibility index (Phi) is 4.75. The topological polar surface area (TPSA) is 76.6 Å². The minimum atomic E-state index is -0.505. The first-order chi connectivity index (χ1) is 13.5. The molecule has 2 aromatic carbocycles. The van der Waals surface area contributed by atoms with Gasteiger partial charge in [0.05, 0.1) is 17.5 Å². The van der Waals surface area contributed by atoms with E-state index < -0.39 is 5.97 Å². The van der Waals surface area contributed by atoms with Gasteiger partial charge in [0, 0.05) is 23.2 Å². The highest BCUT2D eigenvalue weighted by atomic mass is 32.1. The quantitative estimate of drug-likeness (QED) is 0.376. The molecule has 0 N–H and O–H groups in total. The van der Waals surface area contributed by atoms with Crippen LogP contribution in [0.15, 0.2) is 53.9 Å². The van der Waals surface area contributed by atoms with Crippen LogP contribution in [0.4, 0.5) is 0 Å². The number of benzene rings is 2. The molecule has 0 fully saturated rings. The van der Waals surface area contributed by atoms with Crippen LogP contribution in [-0.2, 0) is 4.79 Å². The summed E-state index contributed by atoms with van der Waals surface area (Å²) in [6.45, 7) is 1.92. The van der Waals surface area contributed by atoms with Gasteiger partial charge in [-0.1, -0.05) is 12.1 Å². The van der Waals surface area contributed by atoms with Gasteiger partial charge in [-0.15, -0.1) is 11.3 Å². The molecular weight excluding hydrogens is 376 g/mol. The van der Waals surface area contributed by atoms with Crippen molar-refractivity contribution < 1.29 is 19.1 Å². The van der Waals surface area contributed by atoms with Crippen molar-refractivity contribution in [3.05, 3.63) is 70.7 Å². The zero-order valence-corrected chi connectivity index (χ0v) is 15.9. The standard InChI is InChI=1S/C21H16N2O4S/c1-13-12-28-19(22-13)14-6-8-15(9-7-14)27-18(24)10-11-23-20(25)16-4-2-3-5-17(16)21(23)26/h2-9,12H,10-11H2,1H3. The maximum Gasteiger partial charge on any atom is 0.312 e. The normalized spacial score (nSPS) is 13.0. The molecule has 0 aliphatic carbocycles. The maximum absolute atomic E-state index is 12.3. The maximum atomic E-state index is 12.3. The molecule has 2 heterocycles. The lowest BCUT2D eigenvalue weighted by molar-refractivity contribution is -0.134. The molecule has 0 radical (unpaired) electrons. The fraction of sp³-hybridized carbons (Fsp3) is 0.143. The predicted molar refractivity (Wildman–Crippen MR) is 104 cm³/mol. The van der Waals surface area contributed by atoms with Gasteiger partial charge in [-0.25, -0.2) is 4.98 Å². The number of nitrogens with zero attached hydrogens (tertiary/aromatic N) is 2. The molecule has 0 saturated carbocycles. The highest BCUT2D eigenvalue weighted by Crippen LogP contribution is 2.26. The molecule has 7 heteroatoms. The van der Waals surface area contributed by atoms with Crippen molar-refractivity contribution in [3.8, 4) is 16.3 Å². The van der Waals surface area contributed by atoms with E-state index in [0.717, 1.165) is 21.2 Å².